The number of hydrogen-bond donors (Lipinski definition) is 0. The molecule has 0 aliphatic heterocycles. The lowest BCUT2D eigenvalue weighted by Crippen LogP contribution is -2.17. The maximum absolute atomic E-state index is 6.45. The highest BCUT2D eigenvalue weighted by Crippen LogP contribution is 2.37. The molecule has 0 saturated heterocycles. The first kappa shape index (κ1) is 11.0. The first-order valence-corrected chi connectivity index (χ1v) is 6.77. The summed E-state index contributed by atoms with van der Waals surface area (Å²) in [6.07, 6.45) is 6.79. The van der Waals surface area contributed by atoms with Gasteiger partial charge in [0, 0.05) is 22.9 Å². The molecule has 0 radical (unpaired) electrons. The van der Waals surface area contributed by atoms with Crippen LogP contribution in [0.15, 0.2) is 36.5 Å². The summed E-state index contributed by atoms with van der Waals surface area (Å²) in [5.74, 6) is 0.523. The van der Waals surface area contributed by atoms with Gasteiger partial charge in [-0.15, -0.1) is 11.6 Å². The molecule has 2 unspecified atom stereocenters. The van der Waals surface area contributed by atoms with Crippen LogP contribution in [0.3, 0.4) is 0 Å². The molecule has 1 aliphatic rings. The van der Waals surface area contributed by atoms with Crippen LogP contribution in [-0.4, -0.2) is 10.4 Å². The Kier molecular flexibility index (Phi) is 3.02. The number of hydrogen-bond acceptors (Lipinski definition) is 1. The van der Waals surface area contributed by atoms with E-state index in [1.54, 1.807) is 0 Å². The van der Waals surface area contributed by atoms with Gasteiger partial charge in [-0.2, -0.15) is 0 Å². The van der Waals surface area contributed by atoms with Crippen molar-refractivity contribution >= 4 is 22.5 Å². The van der Waals surface area contributed by atoms with E-state index in [9.17, 15) is 0 Å². The first-order valence-electron chi connectivity index (χ1n) is 6.33. The molecule has 1 nitrogen and oxygen atoms in total. The van der Waals surface area contributed by atoms with Crippen LogP contribution in [0, 0.1) is 0 Å². The summed E-state index contributed by atoms with van der Waals surface area (Å²) in [5.41, 5.74) is 2.45. The van der Waals surface area contributed by atoms with Crippen molar-refractivity contribution in [2.24, 2.45) is 0 Å². The molecular formula is C15H16ClN. The topological polar surface area (TPSA) is 12.9 Å². The zero-order chi connectivity index (χ0) is 11.7. The molecule has 1 aromatic carbocycles. The summed E-state index contributed by atoms with van der Waals surface area (Å²) in [6, 6.07) is 10.7. The highest BCUT2D eigenvalue weighted by Gasteiger charge is 2.24. The van der Waals surface area contributed by atoms with E-state index < -0.39 is 0 Å². The summed E-state index contributed by atoms with van der Waals surface area (Å²) in [6.45, 7) is 0. The van der Waals surface area contributed by atoms with Crippen molar-refractivity contribution in [3.63, 3.8) is 0 Å². The molecule has 1 aliphatic carbocycles. The van der Waals surface area contributed by atoms with Crippen molar-refractivity contribution in [2.75, 3.05) is 0 Å². The Labute approximate surface area is 107 Å². The van der Waals surface area contributed by atoms with Gasteiger partial charge in [0.1, 0.15) is 0 Å². The molecule has 0 N–H and O–H groups in total. The van der Waals surface area contributed by atoms with E-state index in [4.69, 9.17) is 11.6 Å². The molecule has 1 saturated carbocycles. The average Bonchev–Trinajstić information content (AvgIpc) is 2.39. The fourth-order valence-corrected chi connectivity index (χ4v) is 3.21. The SMILES string of the molecule is ClC1CCCCC1c1ccc2ncccc2c1. The number of rotatable bonds is 1. The number of alkyl halides is 1. The lowest BCUT2D eigenvalue weighted by atomic mass is 9.83. The minimum absolute atomic E-state index is 0.304. The van der Waals surface area contributed by atoms with Gasteiger partial charge in [0.2, 0.25) is 0 Å². The van der Waals surface area contributed by atoms with Crippen LogP contribution in [0.1, 0.15) is 37.2 Å². The quantitative estimate of drug-likeness (QED) is 0.674. The summed E-state index contributed by atoms with van der Waals surface area (Å²) < 4.78 is 0. The molecule has 1 heterocycles. The Balaban J connectivity index is 1.99. The third-order valence-corrected chi connectivity index (χ3v) is 4.26. The van der Waals surface area contributed by atoms with Crippen molar-refractivity contribution in [1.82, 2.24) is 4.98 Å². The van der Waals surface area contributed by atoms with Crippen LogP contribution in [0.25, 0.3) is 10.9 Å². The fourth-order valence-electron chi connectivity index (χ4n) is 2.79. The lowest BCUT2D eigenvalue weighted by molar-refractivity contribution is 0.451. The van der Waals surface area contributed by atoms with Crippen molar-refractivity contribution in [1.29, 1.82) is 0 Å². The molecule has 0 amide bonds. The number of pyridine rings is 1. The van der Waals surface area contributed by atoms with Crippen molar-refractivity contribution < 1.29 is 0 Å². The monoisotopic (exact) mass is 245 g/mol. The molecule has 2 atom stereocenters. The molecular weight excluding hydrogens is 230 g/mol. The molecule has 2 heteroatoms. The van der Waals surface area contributed by atoms with Crippen LogP contribution >= 0.6 is 11.6 Å². The second-order valence-electron chi connectivity index (χ2n) is 4.86. The molecule has 3 rings (SSSR count). The number of nitrogens with zero attached hydrogens (tertiary/aromatic N) is 1. The molecule has 88 valence electrons. The largest absolute Gasteiger partial charge is 0.256 e. The van der Waals surface area contributed by atoms with E-state index in [2.05, 4.69) is 29.2 Å². The summed E-state index contributed by atoms with van der Waals surface area (Å²) in [7, 11) is 0. The van der Waals surface area contributed by atoms with E-state index in [1.807, 2.05) is 12.3 Å². The lowest BCUT2D eigenvalue weighted by Gasteiger charge is -2.27. The number of halogens is 1. The van der Waals surface area contributed by atoms with Gasteiger partial charge in [-0.3, -0.25) is 4.98 Å². The third kappa shape index (κ3) is 2.16. The smallest absolute Gasteiger partial charge is 0.0702 e. The van der Waals surface area contributed by atoms with Crippen LogP contribution in [0.4, 0.5) is 0 Å². The predicted molar refractivity (Wildman–Crippen MR) is 72.6 cm³/mol. The predicted octanol–water partition coefficient (Wildman–Crippen LogP) is 4.50. The van der Waals surface area contributed by atoms with E-state index in [0.717, 1.165) is 11.9 Å². The minimum atomic E-state index is 0.304. The van der Waals surface area contributed by atoms with E-state index in [0.29, 0.717) is 11.3 Å². The zero-order valence-electron chi connectivity index (χ0n) is 9.77. The van der Waals surface area contributed by atoms with Gasteiger partial charge in [0.15, 0.2) is 0 Å². The van der Waals surface area contributed by atoms with Crippen molar-refractivity contribution in [3.05, 3.63) is 42.1 Å². The maximum Gasteiger partial charge on any atom is 0.0702 e. The fraction of sp³-hybridized carbons (Fsp3) is 0.400. The number of fused-ring (bicyclic) bond motifs is 1. The molecule has 1 aromatic heterocycles. The average molecular weight is 246 g/mol. The zero-order valence-corrected chi connectivity index (χ0v) is 10.5. The van der Waals surface area contributed by atoms with Gasteiger partial charge in [-0.05, 0) is 36.6 Å². The van der Waals surface area contributed by atoms with Gasteiger partial charge < -0.3 is 0 Å². The first-order chi connectivity index (χ1) is 8.34. The van der Waals surface area contributed by atoms with E-state index >= 15 is 0 Å². The Morgan fingerprint density at radius 1 is 1.12 bits per heavy atom. The Morgan fingerprint density at radius 2 is 2.00 bits per heavy atom. The Bertz CT molecular complexity index is 523. The maximum atomic E-state index is 6.45. The van der Waals surface area contributed by atoms with Crippen LogP contribution in [0.5, 0.6) is 0 Å². The molecule has 1 fully saturated rings. The minimum Gasteiger partial charge on any atom is -0.256 e. The molecule has 17 heavy (non-hydrogen) atoms. The molecule has 2 aromatic rings. The number of benzene rings is 1. The summed E-state index contributed by atoms with van der Waals surface area (Å²) in [5, 5.41) is 1.53. The highest BCUT2D eigenvalue weighted by atomic mass is 35.5. The van der Waals surface area contributed by atoms with Gasteiger partial charge in [-0.25, -0.2) is 0 Å². The van der Waals surface area contributed by atoms with Crippen molar-refractivity contribution in [3.8, 4) is 0 Å². The molecule has 0 spiro atoms. The van der Waals surface area contributed by atoms with Crippen molar-refractivity contribution in [2.45, 2.75) is 37.0 Å². The van der Waals surface area contributed by atoms with Crippen LogP contribution in [0.2, 0.25) is 0 Å². The molecule has 0 bridgehead atoms. The summed E-state index contributed by atoms with van der Waals surface area (Å²) >= 11 is 6.45. The highest BCUT2D eigenvalue weighted by molar-refractivity contribution is 6.21. The van der Waals surface area contributed by atoms with Gasteiger partial charge in [0.05, 0.1) is 5.52 Å². The second kappa shape index (κ2) is 4.66. The normalized spacial score (nSPS) is 25.0. The van der Waals surface area contributed by atoms with E-state index in [1.165, 1.54) is 30.2 Å². The van der Waals surface area contributed by atoms with Crippen LogP contribution in [-0.2, 0) is 0 Å². The van der Waals surface area contributed by atoms with Crippen LogP contribution < -0.4 is 0 Å². The summed E-state index contributed by atoms with van der Waals surface area (Å²) in [4.78, 5) is 4.35. The Hall–Kier alpha value is -1.08. The third-order valence-electron chi connectivity index (χ3n) is 3.74. The number of aromatic nitrogens is 1. The standard InChI is InChI=1S/C15H16ClN/c16-14-6-2-1-5-13(14)11-7-8-15-12(10-11)4-3-9-17-15/h3-4,7-10,13-14H,1-2,5-6H2. The second-order valence-corrected chi connectivity index (χ2v) is 5.42. The Morgan fingerprint density at radius 3 is 2.88 bits per heavy atom. The van der Waals surface area contributed by atoms with Gasteiger partial charge in [0.25, 0.3) is 0 Å². The van der Waals surface area contributed by atoms with Gasteiger partial charge >= 0.3 is 0 Å². The van der Waals surface area contributed by atoms with E-state index in [-0.39, 0.29) is 0 Å². The van der Waals surface area contributed by atoms with Gasteiger partial charge in [-0.1, -0.05) is 25.0 Å².